The van der Waals surface area contributed by atoms with Crippen molar-refractivity contribution in [2.75, 3.05) is 22.5 Å². The van der Waals surface area contributed by atoms with Crippen molar-refractivity contribution in [2.24, 2.45) is 5.73 Å². The zero-order chi connectivity index (χ0) is 19.9. The van der Waals surface area contributed by atoms with E-state index in [0.717, 1.165) is 23.4 Å². The highest BCUT2D eigenvalue weighted by Crippen LogP contribution is 2.21. The van der Waals surface area contributed by atoms with Crippen molar-refractivity contribution in [3.8, 4) is 11.1 Å². The molecule has 2 aromatic carbocycles. The number of nitrogens with zero attached hydrogens (tertiary/aromatic N) is 1. The van der Waals surface area contributed by atoms with E-state index in [9.17, 15) is 9.59 Å². The minimum Gasteiger partial charge on any atom is -0.384 e. The van der Waals surface area contributed by atoms with Crippen LogP contribution in [0.2, 0.25) is 0 Å². The Morgan fingerprint density at radius 1 is 1.07 bits per heavy atom. The van der Waals surface area contributed by atoms with E-state index in [1.54, 1.807) is 6.07 Å². The number of rotatable bonds is 6. The van der Waals surface area contributed by atoms with Crippen molar-refractivity contribution in [1.29, 1.82) is 0 Å². The van der Waals surface area contributed by atoms with Gasteiger partial charge in [-0.2, -0.15) is 0 Å². The molecule has 0 saturated heterocycles. The van der Waals surface area contributed by atoms with Crippen molar-refractivity contribution in [3.05, 3.63) is 70.6 Å². The summed E-state index contributed by atoms with van der Waals surface area (Å²) in [6.07, 6.45) is 1.43. The molecule has 1 aromatic heterocycles. The SMILES string of the molecule is CCNc1ccccc1NC(=O)Nc1ncc(-c2ccc(CN)cc2)c(=O)[nH]1. The van der Waals surface area contributed by atoms with Crippen LogP contribution in [0.5, 0.6) is 0 Å². The molecule has 6 N–H and O–H groups in total. The first kappa shape index (κ1) is 19.1. The second-order valence-corrected chi connectivity index (χ2v) is 6.03. The van der Waals surface area contributed by atoms with Gasteiger partial charge in [-0.25, -0.2) is 9.78 Å². The summed E-state index contributed by atoms with van der Waals surface area (Å²) in [4.78, 5) is 31.3. The third-order valence-electron chi connectivity index (χ3n) is 4.07. The van der Waals surface area contributed by atoms with Crippen LogP contribution in [-0.2, 0) is 6.54 Å². The van der Waals surface area contributed by atoms with E-state index in [-0.39, 0.29) is 11.5 Å². The van der Waals surface area contributed by atoms with E-state index >= 15 is 0 Å². The maximum absolute atomic E-state index is 12.4. The van der Waals surface area contributed by atoms with Gasteiger partial charge in [0.05, 0.1) is 16.9 Å². The van der Waals surface area contributed by atoms with E-state index < -0.39 is 6.03 Å². The average Bonchev–Trinajstić information content (AvgIpc) is 2.70. The van der Waals surface area contributed by atoms with Crippen LogP contribution in [-0.4, -0.2) is 22.5 Å². The fourth-order valence-electron chi connectivity index (χ4n) is 2.68. The first-order valence-electron chi connectivity index (χ1n) is 8.90. The Labute approximate surface area is 162 Å². The standard InChI is InChI=1S/C20H22N6O2/c1-2-22-16-5-3-4-6-17(16)24-20(28)26-19-23-12-15(18(27)25-19)14-9-7-13(11-21)8-10-14/h3-10,12,22H,2,11,21H2,1H3,(H3,23,24,25,26,27,28). The lowest BCUT2D eigenvalue weighted by molar-refractivity contribution is 0.262. The molecule has 0 spiro atoms. The topological polar surface area (TPSA) is 125 Å². The van der Waals surface area contributed by atoms with Crippen molar-refractivity contribution < 1.29 is 4.79 Å². The van der Waals surface area contributed by atoms with Gasteiger partial charge < -0.3 is 16.4 Å². The molecule has 8 nitrogen and oxygen atoms in total. The summed E-state index contributed by atoms with van der Waals surface area (Å²) in [6.45, 7) is 3.13. The number of carbonyl (C=O) groups is 1. The summed E-state index contributed by atoms with van der Waals surface area (Å²) in [5, 5.41) is 8.44. The molecule has 0 aliphatic heterocycles. The number of benzene rings is 2. The monoisotopic (exact) mass is 378 g/mol. The molecule has 0 unspecified atom stereocenters. The highest BCUT2D eigenvalue weighted by Gasteiger charge is 2.10. The van der Waals surface area contributed by atoms with E-state index in [2.05, 4.69) is 25.9 Å². The first-order valence-corrected chi connectivity index (χ1v) is 8.90. The molecule has 3 rings (SSSR count). The Bertz CT molecular complexity index is 1010. The molecule has 28 heavy (non-hydrogen) atoms. The van der Waals surface area contributed by atoms with Gasteiger partial charge in [0.1, 0.15) is 0 Å². The van der Waals surface area contributed by atoms with Crippen LogP contribution < -0.4 is 27.2 Å². The summed E-state index contributed by atoms with van der Waals surface area (Å²) < 4.78 is 0. The second-order valence-electron chi connectivity index (χ2n) is 6.03. The van der Waals surface area contributed by atoms with Gasteiger partial charge in [-0.05, 0) is 30.2 Å². The second kappa shape index (κ2) is 8.83. The van der Waals surface area contributed by atoms with Crippen molar-refractivity contribution in [3.63, 3.8) is 0 Å². The van der Waals surface area contributed by atoms with Crippen LogP contribution in [0.3, 0.4) is 0 Å². The number of aromatic nitrogens is 2. The largest absolute Gasteiger partial charge is 0.384 e. The van der Waals surface area contributed by atoms with Crippen LogP contribution in [0, 0.1) is 0 Å². The first-order chi connectivity index (χ1) is 13.6. The van der Waals surface area contributed by atoms with Gasteiger partial charge in [0.15, 0.2) is 0 Å². The summed E-state index contributed by atoms with van der Waals surface area (Å²) in [5.41, 5.74) is 8.77. The summed E-state index contributed by atoms with van der Waals surface area (Å²) in [6, 6.07) is 14.2. The van der Waals surface area contributed by atoms with Crippen LogP contribution in [0.25, 0.3) is 11.1 Å². The van der Waals surface area contributed by atoms with Gasteiger partial charge in [-0.3, -0.25) is 15.1 Å². The van der Waals surface area contributed by atoms with Crippen molar-refractivity contribution in [1.82, 2.24) is 9.97 Å². The molecule has 0 bridgehead atoms. The molecule has 144 valence electrons. The molecule has 2 amide bonds. The molecule has 8 heteroatoms. The molecule has 1 heterocycles. The maximum atomic E-state index is 12.4. The van der Waals surface area contributed by atoms with Gasteiger partial charge >= 0.3 is 6.03 Å². The quantitative estimate of drug-likeness (QED) is 0.451. The Balaban J connectivity index is 1.72. The van der Waals surface area contributed by atoms with Gasteiger partial charge in [-0.1, -0.05) is 36.4 Å². The molecule has 3 aromatic rings. The minimum absolute atomic E-state index is 0.0609. The molecule has 0 atom stereocenters. The normalized spacial score (nSPS) is 10.4. The summed E-state index contributed by atoms with van der Waals surface area (Å²) in [5.74, 6) is 0.0609. The Hall–Kier alpha value is -3.65. The number of urea groups is 1. The Kier molecular flexibility index (Phi) is 6.03. The predicted molar refractivity (Wildman–Crippen MR) is 111 cm³/mol. The van der Waals surface area contributed by atoms with Crippen LogP contribution >= 0.6 is 0 Å². The predicted octanol–water partition coefficient (Wildman–Crippen LogP) is 2.97. The summed E-state index contributed by atoms with van der Waals surface area (Å²) in [7, 11) is 0. The maximum Gasteiger partial charge on any atom is 0.326 e. The van der Waals surface area contributed by atoms with Crippen molar-refractivity contribution in [2.45, 2.75) is 13.5 Å². The highest BCUT2D eigenvalue weighted by molar-refractivity contribution is 6.00. The molecule has 0 radical (unpaired) electrons. The zero-order valence-corrected chi connectivity index (χ0v) is 15.5. The summed E-state index contributed by atoms with van der Waals surface area (Å²) >= 11 is 0. The van der Waals surface area contributed by atoms with Gasteiger partial charge in [0.2, 0.25) is 5.95 Å². The van der Waals surface area contributed by atoms with E-state index in [4.69, 9.17) is 5.73 Å². The third-order valence-corrected chi connectivity index (χ3v) is 4.07. The number of carbonyl (C=O) groups excluding carboxylic acids is 1. The number of aromatic amines is 1. The molecule has 0 fully saturated rings. The number of hydrogen-bond donors (Lipinski definition) is 5. The smallest absolute Gasteiger partial charge is 0.326 e. The number of amides is 2. The minimum atomic E-state index is -0.506. The Morgan fingerprint density at radius 2 is 1.79 bits per heavy atom. The fraction of sp³-hybridized carbons (Fsp3) is 0.150. The highest BCUT2D eigenvalue weighted by atomic mass is 16.2. The number of nitrogens with two attached hydrogens (primary N) is 1. The van der Waals surface area contributed by atoms with Crippen LogP contribution in [0.4, 0.5) is 22.1 Å². The fourth-order valence-corrected chi connectivity index (χ4v) is 2.68. The molecule has 0 saturated carbocycles. The zero-order valence-electron chi connectivity index (χ0n) is 15.5. The molecule has 0 aliphatic carbocycles. The number of para-hydroxylation sites is 2. The van der Waals surface area contributed by atoms with Crippen molar-refractivity contribution >= 4 is 23.4 Å². The van der Waals surface area contributed by atoms with E-state index in [0.29, 0.717) is 17.8 Å². The third kappa shape index (κ3) is 4.54. The number of nitrogens with one attached hydrogen (secondary N) is 4. The lowest BCUT2D eigenvalue weighted by Gasteiger charge is -2.12. The number of hydrogen-bond acceptors (Lipinski definition) is 5. The number of anilines is 3. The molecular formula is C20H22N6O2. The van der Waals surface area contributed by atoms with Gasteiger partial charge in [0.25, 0.3) is 5.56 Å². The number of H-pyrrole nitrogens is 1. The van der Waals surface area contributed by atoms with Crippen LogP contribution in [0.15, 0.2) is 59.5 Å². The Morgan fingerprint density at radius 3 is 2.43 bits per heavy atom. The van der Waals surface area contributed by atoms with E-state index in [1.807, 2.05) is 49.4 Å². The molecule has 0 aliphatic rings. The van der Waals surface area contributed by atoms with Gasteiger partial charge in [-0.15, -0.1) is 0 Å². The lowest BCUT2D eigenvalue weighted by Crippen LogP contribution is -2.23. The van der Waals surface area contributed by atoms with E-state index in [1.165, 1.54) is 6.20 Å². The van der Waals surface area contributed by atoms with Gasteiger partial charge in [0, 0.05) is 19.3 Å². The van der Waals surface area contributed by atoms with Crippen LogP contribution in [0.1, 0.15) is 12.5 Å². The lowest BCUT2D eigenvalue weighted by atomic mass is 10.1. The molecular weight excluding hydrogens is 356 g/mol. The average molecular weight is 378 g/mol.